The van der Waals surface area contributed by atoms with Gasteiger partial charge in [-0.05, 0) is 17.7 Å². The Balaban J connectivity index is 2.18. The summed E-state index contributed by atoms with van der Waals surface area (Å²) < 4.78 is 0. The molecule has 1 heterocycles. The molecule has 1 aromatic heterocycles. The lowest BCUT2D eigenvalue weighted by atomic mass is 10.1. The lowest BCUT2D eigenvalue weighted by molar-refractivity contribution is 0.973. The van der Waals surface area contributed by atoms with Gasteiger partial charge in [-0.1, -0.05) is 23.7 Å². The highest BCUT2D eigenvalue weighted by atomic mass is 35.5. The Labute approximate surface area is 86.1 Å². The molecule has 0 aliphatic carbocycles. The average molecular weight is 209 g/mol. The van der Waals surface area contributed by atoms with Crippen LogP contribution < -0.4 is 5.73 Å². The Morgan fingerprint density at radius 2 is 2.29 bits per heavy atom. The molecule has 0 radical (unpaired) electrons. The third kappa shape index (κ3) is 2.03. The van der Waals surface area contributed by atoms with E-state index in [1.165, 1.54) is 0 Å². The number of hydrogen-bond donors (Lipinski definition) is 2. The van der Waals surface area contributed by atoms with Gasteiger partial charge in [-0.2, -0.15) is 4.98 Å². The number of nitrogens with one attached hydrogen (secondary N) is 1. The summed E-state index contributed by atoms with van der Waals surface area (Å²) in [5, 5.41) is 7.21. The van der Waals surface area contributed by atoms with Gasteiger partial charge < -0.3 is 5.73 Å². The summed E-state index contributed by atoms with van der Waals surface area (Å²) in [6, 6.07) is 7.60. The van der Waals surface area contributed by atoms with Crippen molar-refractivity contribution in [3.8, 4) is 0 Å². The van der Waals surface area contributed by atoms with Crippen LogP contribution in [0, 0.1) is 0 Å². The Morgan fingerprint density at radius 1 is 1.43 bits per heavy atom. The zero-order valence-corrected chi connectivity index (χ0v) is 8.12. The number of anilines is 1. The number of hydrogen-bond acceptors (Lipinski definition) is 3. The standard InChI is InChI=1S/C9H9ClN4/c10-7-3-1-2-6(4-7)5-8-12-9(11)14-13-8/h1-4H,5H2,(H3,11,12,13,14). The topological polar surface area (TPSA) is 67.6 Å². The first kappa shape index (κ1) is 9.02. The van der Waals surface area contributed by atoms with Gasteiger partial charge in [-0.3, -0.25) is 5.10 Å². The minimum absolute atomic E-state index is 0.266. The fourth-order valence-corrected chi connectivity index (χ4v) is 1.44. The van der Waals surface area contributed by atoms with E-state index in [2.05, 4.69) is 15.2 Å². The Kier molecular flexibility index (Phi) is 2.37. The van der Waals surface area contributed by atoms with Crippen LogP contribution in [0.25, 0.3) is 0 Å². The fraction of sp³-hybridized carbons (Fsp3) is 0.111. The second kappa shape index (κ2) is 3.67. The molecule has 2 aromatic rings. The highest BCUT2D eigenvalue weighted by Gasteiger charge is 2.01. The Bertz CT molecular complexity index is 438. The molecule has 0 aliphatic heterocycles. The maximum atomic E-state index is 5.85. The van der Waals surface area contributed by atoms with Crippen molar-refractivity contribution in [2.45, 2.75) is 6.42 Å². The van der Waals surface area contributed by atoms with Gasteiger partial charge in [0.2, 0.25) is 5.95 Å². The summed E-state index contributed by atoms with van der Waals surface area (Å²) in [4.78, 5) is 4.00. The number of nitrogen functional groups attached to an aromatic ring is 1. The van der Waals surface area contributed by atoms with Crippen molar-refractivity contribution in [1.82, 2.24) is 15.2 Å². The van der Waals surface area contributed by atoms with Crippen LogP contribution >= 0.6 is 11.6 Å². The van der Waals surface area contributed by atoms with E-state index < -0.39 is 0 Å². The van der Waals surface area contributed by atoms with Gasteiger partial charge >= 0.3 is 0 Å². The number of aromatic nitrogens is 3. The second-order valence-electron chi connectivity index (χ2n) is 2.95. The molecule has 72 valence electrons. The highest BCUT2D eigenvalue weighted by molar-refractivity contribution is 6.30. The van der Waals surface area contributed by atoms with E-state index in [9.17, 15) is 0 Å². The molecule has 1 aromatic carbocycles. The third-order valence-electron chi connectivity index (χ3n) is 1.81. The molecular formula is C9H9ClN4. The van der Waals surface area contributed by atoms with Crippen LogP contribution in [0.3, 0.4) is 0 Å². The molecule has 0 bridgehead atoms. The van der Waals surface area contributed by atoms with E-state index in [0.29, 0.717) is 6.42 Å². The smallest absolute Gasteiger partial charge is 0.239 e. The molecule has 0 saturated carbocycles. The van der Waals surface area contributed by atoms with Crippen LogP contribution in [0.15, 0.2) is 24.3 Å². The van der Waals surface area contributed by atoms with Gasteiger partial charge in [0.1, 0.15) is 5.82 Å². The van der Waals surface area contributed by atoms with E-state index >= 15 is 0 Å². The van der Waals surface area contributed by atoms with Crippen molar-refractivity contribution < 1.29 is 0 Å². The van der Waals surface area contributed by atoms with Crippen LogP contribution in [0.5, 0.6) is 0 Å². The van der Waals surface area contributed by atoms with Crippen molar-refractivity contribution in [3.63, 3.8) is 0 Å². The first-order chi connectivity index (χ1) is 6.74. The summed E-state index contributed by atoms with van der Waals surface area (Å²) in [5.41, 5.74) is 6.46. The number of halogens is 1. The minimum Gasteiger partial charge on any atom is -0.367 e. The van der Waals surface area contributed by atoms with Crippen molar-refractivity contribution in [2.75, 3.05) is 5.73 Å². The number of benzene rings is 1. The number of aromatic amines is 1. The normalized spacial score (nSPS) is 10.4. The molecular weight excluding hydrogens is 200 g/mol. The number of nitrogens with zero attached hydrogens (tertiary/aromatic N) is 2. The van der Waals surface area contributed by atoms with Gasteiger partial charge in [0, 0.05) is 11.4 Å². The quantitative estimate of drug-likeness (QED) is 0.788. The molecule has 2 rings (SSSR count). The fourth-order valence-electron chi connectivity index (χ4n) is 1.23. The molecule has 0 atom stereocenters. The van der Waals surface area contributed by atoms with Gasteiger partial charge in [0.25, 0.3) is 0 Å². The largest absolute Gasteiger partial charge is 0.367 e. The zero-order chi connectivity index (χ0) is 9.97. The number of H-pyrrole nitrogens is 1. The SMILES string of the molecule is Nc1n[nH]c(Cc2cccc(Cl)c2)n1. The summed E-state index contributed by atoms with van der Waals surface area (Å²) in [6.45, 7) is 0. The Morgan fingerprint density at radius 3 is 2.93 bits per heavy atom. The van der Waals surface area contributed by atoms with Crippen LogP contribution in [0.2, 0.25) is 5.02 Å². The van der Waals surface area contributed by atoms with Crippen molar-refractivity contribution in [3.05, 3.63) is 40.7 Å². The first-order valence-electron chi connectivity index (χ1n) is 4.15. The molecule has 3 N–H and O–H groups in total. The molecule has 0 unspecified atom stereocenters. The molecule has 0 saturated heterocycles. The highest BCUT2D eigenvalue weighted by Crippen LogP contribution is 2.12. The van der Waals surface area contributed by atoms with E-state index in [1.54, 1.807) is 0 Å². The van der Waals surface area contributed by atoms with Gasteiger partial charge in [0.15, 0.2) is 0 Å². The second-order valence-corrected chi connectivity index (χ2v) is 3.38. The molecule has 0 amide bonds. The number of rotatable bonds is 2. The van der Waals surface area contributed by atoms with Gasteiger partial charge in [-0.25, -0.2) is 0 Å². The van der Waals surface area contributed by atoms with E-state index in [0.717, 1.165) is 16.4 Å². The predicted molar refractivity (Wildman–Crippen MR) is 55.1 cm³/mol. The summed E-state index contributed by atoms with van der Waals surface area (Å²) >= 11 is 5.85. The van der Waals surface area contributed by atoms with E-state index in [4.69, 9.17) is 17.3 Å². The van der Waals surface area contributed by atoms with Crippen LogP contribution in [-0.2, 0) is 6.42 Å². The van der Waals surface area contributed by atoms with Gasteiger partial charge in [-0.15, -0.1) is 5.10 Å². The number of nitrogens with two attached hydrogens (primary N) is 1. The summed E-state index contributed by atoms with van der Waals surface area (Å²) in [6.07, 6.45) is 0.658. The molecule has 14 heavy (non-hydrogen) atoms. The predicted octanol–water partition coefficient (Wildman–Crippen LogP) is 1.63. The third-order valence-corrected chi connectivity index (χ3v) is 2.04. The van der Waals surface area contributed by atoms with E-state index in [1.807, 2.05) is 24.3 Å². The maximum Gasteiger partial charge on any atom is 0.239 e. The first-order valence-corrected chi connectivity index (χ1v) is 4.53. The van der Waals surface area contributed by atoms with Crippen molar-refractivity contribution in [1.29, 1.82) is 0 Å². The molecule has 5 heteroatoms. The zero-order valence-electron chi connectivity index (χ0n) is 7.37. The molecule has 0 spiro atoms. The molecule has 0 aliphatic rings. The molecule has 4 nitrogen and oxygen atoms in total. The average Bonchev–Trinajstić information content (AvgIpc) is 2.51. The lowest BCUT2D eigenvalue weighted by Gasteiger charge is -1.97. The molecule has 0 fully saturated rings. The van der Waals surface area contributed by atoms with Crippen molar-refractivity contribution in [2.24, 2.45) is 0 Å². The van der Waals surface area contributed by atoms with Crippen LogP contribution in [0.4, 0.5) is 5.95 Å². The summed E-state index contributed by atoms with van der Waals surface area (Å²) in [5.74, 6) is 1.01. The lowest BCUT2D eigenvalue weighted by Crippen LogP contribution is -1.91. The van der Waals surface area contributed by atoms with Gasteiger partial charge in [0.05, 0.1) is 0 Å². The maximum absolute atomic E-state index is 5.85. The van der Waals surface area contributed by atoms with Crippen LogP contribution in [0.1, 0.15) is 11.4 Å². The summed E-state index contributed by atoms with van der Waals surface area (Å²) in [7, 11) is 0. The Hall–Kier alpha value is -1.55. The monoisotopic (exact) mass is 208 g/mol. The van der Waals surface area contributed by atoms with Crippen LogP contribution in [-0.4, -0.2) is 15.2 Å². The van der Waals surface area contributed by atoms with E-state index in [-0.39, 0.29) is 5.95 Å². The minimum atomic E-state index is 0.266. The van der Waals surface area contributed by atoms with Crippen molar-refractivity contribution >= 4 is 17.5 Å².